The molecule has 0 heterocycles. The van der Waals surface area contributed by atoms with Gasteiger partial charge in [-0.05, 0) is 168 Å². The Morgan fingerprint density at radius 2 is 0.264 bits per heavy atom. The summed E-state index contributed by atoms with van der Waals surface area (Å²) in [7, 11) is -4.19. The van der Waals surface area contributed by atoms with E-state index >= 15 is 0 Å². The lowest BCUT2D eigenvalue weighted by atomic mass is 10.1. The number of nitrogens with two attached hydrogens (primary N) is 4. The molecule has 87 heavy (non-hydrogen) atoms. The second-order valence-electron chi connectivity index (χ2n) is 18.1. The van der Waals surface area contributed by atoms with E-state index in [9.17, 15) is 16.8 Å². The van der Waals surface area contributed by atoms with E-state index in [2.05, 4.69) is 0 Å². The van der Waals surface area contributed by atoms with Gasteiger partial charge in [0.05, 0.1) is 43.2 Å². The molecule has 444 valence electrons. The average Bonchev–Trinajstić information content (AvgIpc) is 3.78. The molecule has 11 nitrogen and oxygen atoms in total. The van der Waals surface area contributed by atoms with Crippen molar-refractivity contribution in [3.8, 4) is 22.3 Å². The maximum absolute atomic E-state index is 12.0. The van der Waals surface area contributed by atoms with Crippen LogP contribution < -0.4 is 22.9 Å². The summed E-state index contributed by atoms with van der Waals surface area (Å²) in [6, 6.07) is 107. The summed E-state index contributed by atoms with van der Waals surface area (Å²) in [6.45, 7) is 0. The molecule has 0 aliphatic carbocycles. The molecule has 0 atom stereocenters. The molecular formula is C72H70N4O7S4. The summed E-state index contributed by atoms with van der Waals surface area (Å²) in [6.07, 6.45) is 0. The van der Waals surface area contributed by atoms with Crippen molar-refractivity contribution in [2.75, 3.05) is 22.9 Å². The van der Waals surface area contributed by atoms with Gasteiger partial charge in [-0.25, -0.2) is 16.8 Å². The molecule has 0 aliphatic rings. The minimum Gasteiger partial charge on any atom is -0.412 e. The fourth-order valence-electron chi connectivity index (χ4n) is 7.60. The summed E-state index contributed by atoms with van der Waals surface area (Å²) in [4.78, 5) is 6.77. The third kappa shape index (κ3) is 23.4. The van der Waals surface area contributed by atoms with Crippen molar-refractivity contribution in [1.29, 1.82) is 0 Å². The first-order valence-corrected chi connectivity index (χ1v) is 31.1. The molecule has 0 fully saturated rings. The highest BCUT2D eigenvalue weighted by atomic mass is 32.2. The fraction of sp³-hybridized carbons (Fsp3) is 0. The number of anilines is 4. The van der Waals surface area contributed by atoms with Gasteiger partial charge in [0.25, 0.3) is 0 Å². The van der Waals surface area contributed by atoms with Crippen LogP contribution in [0.3, 0.4) is 0 Å². The van der Waals surface area contributed by atoms with Gasteiger partial charge in [-0.15, -0.1) is 0 Å². The van der Waals surface area contributed by atoms with Crippen LogP contribution in [0.2, 0.25) is 0 Å². The van der Waals surface area contributed by atoms with Crippen molar-refractivity contribution in [2.45, 2.75) is 39.2 Å². The third-order valence-corrected chi connectivity index (χ3v) is 17.6. The van der Waals surface area contributed by atoms with E-state index in [1.807, 2.05) is 340 Å². The summed E-state index contributed by atoms with van der Waals surface area (Å²) in [5.41, 5.74) is 30.2. The van der Waals surface area contributed by atoms with Crippen LogP contribution in [0, 0.1) is 0 Å². The van der Waals surface area contributed by atoms with Crippen LogP contribution in [0.1, 0.15) is 0 Å². The summed E-state index contributed by atoms with van der Waals surface area (Å²) in [5.74, 6) is 0. The Hall–Kier alpha value is -9.68. The van der Waals surface area contributed by atoms with Crippen LogP contribution in [-0.4, -0.2) is 33.3 Å². The van der Waals surface area contributed by atoms with Crippen molar-refractivity contribution in [3.05, 3.63) is 340 Å². The molecular weight excluding hydrogens is 1160 g/mol. The summed E-state index contributed by atoms with van der Waals surface area (Å²) in [5, 5.41) is 0. The molecule has 0 spiro atoms. The van der Waals surface area contributed by atoms with Crippen LogP contribution in [0.25, 0.3) is 22.3 Å². The monoisotopic (exact) mass is 1230 g/mol. The highest BCUT2D eigenvalue weighted by Gasteiger charge is 2.08. The van der Waals surface area contributed by atoms with E-state index in [0.717, 1.165) is 84.2 Å². The number of nitrogen functional groups attached to an aromatic ring is 4. The van der Waals surface area contributed by atoms with Gasteiger partial charge < -0.3 is 39.4 Å². The SMILES string of the molecule is Nc1ccc(-c2ccc(N)cc2)cc1.Nc1ccc(-c2ccc(N)cc2)cc1.O.O.O.O=S(c1ccccc1)c1ccccc1.O=S(c1ccccc1)c1ccccc1.O=S(c1ccccc1)c1ccccc1.O=S(c1ccccc1)c1ccccc1. The lowest BCUT2D eigenvalue weighted by Crippen LogP contribution is -1.91. The van der Waals surface area contributed by atoms with E-state index in [-0.39, 0.29) is 16.4 Å². The van der Waals surface area contributed by atoms with Crippen molar-refractivity contribution < 1.29 is 33.3 Å². The van der Waals surface area contributed by atoms with Crippen LogP contribution in [0.4, 0.5) is 22.7 Å². The molecule has 12 aromatic carbocycles. The Morgan fingerprint density at radius 3 is 0.368 bits per heavy atom. The first-order valence-electron chi connectivity index (χ1n) is 26.5. The first-order chi connectivity index (χ1) is 41.0. The smallest absolute Gasteiger partial charge is 0.0849 e. The normalized spacial score (nSPS) is 9.89. The highest BCUT2D eigenvalue weighted by molar-refractivity contribution is 7.86. The second-order valence-corrected chi connectivity index (χ2v) is 24.0. The molecule has 14 N–H and O–H groups in total. The van der Waals surface area contributed by atoms with Gasteiger partial charge in [-0.1, -0.05) is 194 Å². The Labute approximate surface area is 519 Å². The van der Waals surface area contributed by atoms with E-state index < -0.39 is 43.2 Å². The predicted octanol–water partition coefficient (Wildman–Crippen LogP) is 14.0. The quantitative estimate of drug-likeness (QED) is 0.0954. The molecule has 0 radical (unpaired) electrons. The van der Waals surface area contributed by atoms with Gasteiger partial charge in [-0.2, -0.15) is 0 Å². The number of benzene rings is 12. The molecule has 12 rings (SSSR count). The average molecular weight is 1230 g/mol. The molecule has 0 unspecified atom stereocenters. The third-order valence-electron chi connectivity index (χ3n) is 12.0. The van der Waals surface area contributed by atoms with Gasteiger partial charge in [0.15, 0.2) is 0 Å². The molecule has 0 aliphatic heterocycles. The molecule has 0 saturated heterocycles. The molecule has 0 aromatic heterocycles. The molecule has 0 amide bonds. The van der Waals surface area contributed by atoms with Crippen molar-refractivity contribution in [3.63, 3.8) is 0 Å². The maximum atomic E-state index is 12.0. The first kappa shape index (κ1) is 69.8. The van der Waals surface area contributed by atoms with Gasteiger partial charge >= 0.3 is 0 Å². The highest BCUT2D eigenvalue weighted by Crippen LogP contribution is 2.24. The number of hydrogen-bond donors (Lipinski definition) is 4. The molecule has 15 heteroatoms. The van der Waals surface area contributed by atoms with E-state index in [1.165, 1.54) is 0 Å². The van der Waals surface area contributed by atoms with Gasteiger partial charge in [0.2, 0.25) is 0 Å². The Morgan fingerprint density at radius 1 is 0.161 bits per heavy atom. The Balaban J connectivity index is 0.000000222. The van der Waals surface area contributed by atoms with Crippen LogP contribution in [0.5, 0.6) is 0 Å². The van der Waals surface area contributed by atoms with E-state index in [1.54, 1.807) is 0 Å². The zero-order valence-corrected chi connectivity index (χ0v) is 50.7. The van der Waals surface area contributed by atoms with Crippen LogP contribution >= 0.6 is 0 Å². The zero-order valence-electron chi connectivity index (χ0n) is 47.4. The maximum Gasteiger partial charge on any atom is 0.0849 e. The topological polar surface area (TPSA) is 267 Å². The van der Waals surface area contributed by atoms with Crippen molar-refractivity contribution in [2.24, 2.45) is 0 Å². The summed E-state index contributed by atoms with van der Waals surface area (Å²) >= 11 is 0. The zero-order chi connectivity index (χ0) is 59.1. The lowest BCUT2D eigenvalue weighted by molar-refractivity contribution is 0.682. The second kappa shape index (κ2) is 38.3. The summed E-state index contributed by atoms with van der Waals surface area (Å²) < 4.78 is 47.8. The molecule has 0 saturated carbocycles. The molecule has 12 aromatic rings. The predicted molar refractivity (Wildman–Crippen MR) is 362 cm³/mol. The van der Waals surface area contributed by atoms with Crippen LogP contribution in [0.15, 0.2) is 379 Å². The van der Waals surface area contributed by atoms with Crippen molar-refractivity contribution in [1.82, 2.24) is 0 Å². The minimum absolute atomic E-state index is 0. The number of rotatable bonds is 10. The van der Waals surface area contributed by atoms with Crippen molar-refractivity contribution >= 4 is 65.9 Å². The standard InChI is InChI=1S/2C12H12N2.4C12H10OS.3H2O/c2*13-11-5-1-9(2-6-11)10-3-7-12(14)8-4-10;4*13-14(11-7-3-1-4-8-11)12-9-5-2-6-10-12;;;/h2*1-8H,13-14H2;4*1-10H;3*1H2. The van der Waals surface area contributed by atoms with E-state index in [4.69, 9.17) is 22.9 Å². The van der Waals surface area contributed by atoms with Gasteiger partial charge in [-0.3, -0.25) is 0 Å². The fourth-order valence-corrected chi connectivity index (χ4v) is 11.9. The van der Waals surface area contributed by atoms with Crippen LogP contribution in [-0.2, 0) is 43.2 Å². The lowest BCUT2D eigenvalue weighted by Gasteiger charge is -2.02. The van der Waals surface area contributed by atoms with Gasteiger partial charge in [0.1, 0.15) is 0 Å². The van der Waals surface area contributed by atoms with E-state index in [0.29, 0.717) is 0 Å². The minimum atomic E-state index is -1.05. The largest absolute Gasteiger partial charge is 0.412 e. The number of hydrogen-bond acceptors (Lipinski definition) is 8. The van der Waals surface area contributed by atoms with Gasteiger partial charge in [0, 0.05) is 61.9 Å². The Bertz CT molecular complexity index is 3200. The molecule has 0 bridgehead atoms. The Kier molecular flexibility index (Phi) is 30.7.